The number of rotatable bonds is 11. The number of alkyl halides is 7. The highest BCUT2D eigenvalue weighted by Gasteiger charge is 2.47. The van der Waals surface area contributed by atoms with Crippen molar-refractivity contribution in [2.24, 2.45) is 4.99 Å². The highest BCUT2D eigenvalue weighted by molar-refractivity contribution is 7.92. The second-order valence-electron chi connectivity index (χ2n) is 10.6. The molecular weight excluding hydrogens is 716 g/mol. The van der Waals surface area contributed by atoms with E-state index in [9.17, 15) is 52.4 Å². The molecule has 0 spiro atoms. The molecule has 1 aromatic carbocycles. The standard InChI is InChI=1S/C18H19F5N4O5S2.C10H13F3N2/c1-10(16(28)24-8-11-4-5-13(12(19)6-11)26-33(2,29)30)17(20)9-25-15(18(21,22)23)7-14(17)27-34(3,31)32;1-3-7(2)14-9-6-4-5-8(15-9)10(11,12)13/h4-7,26-27H,1,8-9H2,2-3H3,(H,24,28);4-7H,3H2,1-2H3,(H,14,15). The van der Waals surface area contributed by atoms with E-state index in [4.69, 9.17) is 0 Å². The third-order valence-corrected chi connectivity index (χ3v) is 7.52. The van der Waals surface area contributed by atoms with Crippen LogP contribution in [0.1, 0.15) is 31.5 Å². The summed E-state index contributed by atoms with van der Waals surface area (Å²) in [5.74, 6) is -1.92. The molecule has 11 nitrogen and oxygen atoms in total. The topological polar surface area (TPSA) is 159 Å². The summed E-state index contributed by atoms with van der Waals surface area (Å²) in [5.41, 5.74) is -7.82. The summed E-state index contributed by atoms with van der Waals surface area (Å²) in [6.45, 7) is 5.40. The summed E-state index contributed by atoms with van der Waals surface area (Å²) in [5, 5.41) is 5.07. The van der Waals surface area contributed by atoms with Gasteiger partial charge in [0, 0.05) is 12.6 Å². The molecule has 272 valence electrons. The van der Waals surface area contributed by atoms with E-state index in [1.54, 1.807) is 4.72 Å². The van der Waals surface area contributed by atoms with Gasteiger partial charge in [-0.3, -0.25) is 19.2 Å². The molecule has 0 bridgehead atoms. The Labute approximate surface area is 277 Å². The van der Waals surface area contributed by atoms with Crippen molar-refractivity contribution >= 4 is 43.2 Å². The number of aromatic nitrogens is 1. The average molecular weight is 749 g/mol. The molecule has 49 heavy (non-hydrogen) atoms. The molecular formula is C28H32F8N6O5S2. The first-order valence-electron chi connectivity index (χ1n) is 13.8. The zero-order chi connectivity index (χ0) is 37.6. The van der Waals surface area contributed by atoms with Gasteiger partial charge in [-0.2, -0.15) is 26.3 Å². The van der Waals surface area contributed by atoms with Crippen LogP contribution in [-0.4, -0.2) is 70.4 Å². The zero-order valence-electron chi connectivity index (χ0n) is 26.2. The lowest BCUT2D eigenvalue weighted by atomic mass is 9.89. The molecule has 0 fully saturated rings. The van der Waals surface area contributed by atoms with Gasteiger partial charge in [-0.15, -0.1) is 0 Å². The molecule has 21 heteroatoms. The minimum Gasteiger partial charge on any atom is -0.368 e. The molecule has 2 heterocycles. The third-order valence-electron chi connectivity index (χ3n) is 6.34. The number of benzene rings is 1. The Bertz CT molecular complexity index is 1830. The van der Waals surface area contributed by atoms with Gasteiger partial charge in [-0.1, -0.05) is 25.6 Å². The highest BCUT2D eigenvalue weighted by Crippen LogP contribution is 2.35. The van der Waals surface area contributed by atoms with Crippen LogP contribution in [-0.2, 0) is 37.6 Å². The lowest BCUT2D eigenvalue weighted by molar-refractivity contribution is -0.141. The van der Waals surface area contributed by atoms with Gasteiger partial charge in [0.05, 0.1) is 36.0 Å². The van der Waals surface area contributed by atoms with Crippen LogP contribution in [0.4, 0.5) is 46.6 Å². The maximum atomic E-state index is 15.6. The van der Waals surface area contributed by atoms with E-state index in [1.165, 1.54) is 18.2 Å². The van der Waals surface area contributed by atoms with Crippen LogP contribution in [0, 0.1) is 5.82 Å². The third kappa shape index (κ3) is 12.6. The fourth-order valence-corrected chi connectivity index (χ4v) is 4.95. The smallest absolute Gasteiger partial charge is 0.368 e. The predicted molar refractivity (Wildman–Crippen MR) is 167 cm³/mol. The summed E-state index contributed by atoms with van der Waals surface area (Å²) in [4.78, 5) is 19.0. The molecule has 3 rings (SSSR count). The molecule has 1 aliphatic heterocycles. The second kappa shape index (κ2) is 15.5. The highest BCUT2D eigenvalue weighted by atomic mass is 32.2. The molecule has 2 unspecified atom stereocenters. The number of anilines is 2. The number of hydrogen-bond acceptors (Lipinski definition) is 8. The van der Waals surface area contributed by atoms with Gasteiger partial charge in [-0.05, 0) is 49.2 Å². The molecule has 1 amide bonds. The van der Waals surface area contributed by atoms with E-state index < -0.39 is 85.6 Å². The van der Waals surface area contributed by atoms with Crippen molar-refractivity contribution in [1.82, 2.24) is 15.0 Å². The van der Waals surface area contributed by atoms with Crippen LogP contribution in [0.5, 0.6) is 0 Å². The number of dihydropyridines is 1. The molecule has 0 aliphatic carbocycles. The number of halogens is 8. The Balaban J connectivity index is 0.000000462. The van der Waals surface area contributed by atoms with Gasteiger partial charge >= 0.3 is 12.4 Å². The Hall–Kier alpha value is -4.27. The molecule has 4 N–H and O–H groups in total. The van der Waals surface area contributed by atoms with Crippen molar-refractivity contribution in [3.05, 3.63) is 77.4 Å². The molecule has 1 aromatic heterocycles. The van der Waals surface area contributed by atoms with Gasteiger partial charge in [0.15, 0.2) is 5.67 Å². The van der Waals surface area contributed by atoms with E-state index in [-0.39, 0.29) is 29.2 Å². The summed E-state index contributed by atoms with van der Waals surface area (Å²) in [7, 11) is -7.99. The molecule has 0 saturated carbocycles. The van der Waals surface area contributed by atoms with Crippen molar-refractivity contribution in [3.8, 4) is 0 Å². The monoisotopic (exact) mass is 748 g/mol. The number of carbonyl (C=O) groups is 1. The first-order valence-corrected chi connectivity index (χ1v) is 17.6. The van der Waals surface area contributed by atoms with Crippen molar-refractivity contribution in [2.45, 2.75) is 50.9 Å². The number of aliphatic imine (C=N–C) groups is 1. The summed E-state index contributed by atoms with van der Waals surface area (Å²) in [6.07, 6.45) is -7.03. The normalized spacial score (nSPS) is 17.4. The van der Waals surface area contributed by atoms with E-state index in [0.29, 0.717) is 6.26 Å². The summed E-state index contributed by atoms with van der Waals surface area (Å²) in [6, 6.07) is 7.17. The van der Waals surface area contributed by atoms with Gasteiger partial charge in [0.2, 0.25) is 20.0 Å². The first-order chi connectivity index (χ1) is 22.2. The number of nitrogens with zero attached hydrogens (tertiary/aromatic N) is 2. The van der Waals surface area contributed by atoms with Crippen molar-refractivity contribution in [1.29, 1.82) is 0 Å². The van der Waals surface area contributed by atoms with Crippen LogP contribution in [0.25, 0.3) is 0 Å². The van der Waals surface area contributed by atoms with Gasteiger partial charge in [0.25, 0.3) is 5.91 Å². The van der Waals surface area contributed by atoms with E-state index in [1.807, 2.05) is 18.6 Å². The maximum Gasteiger partial charge on any atom is 0.433 e. The number of hydrogen-bond donors (Lipinski definition) is 4. The van der Waals surface area contributed by atoms with Gasteiger partial charge in [-0.25, -0.2) is 30.6 Å². The Kier molecular flexibility index (Phi) is 13.0. The molecule has 0 radical (unpaired) electrons. The molecule has 1 aliphatic rings. The number of amides is 1. The van der Waals surface area contributed by atoms with Crippen LogP contribution >= 0.6 is 0 Å². The quantitative estimate of drug-likeness (QED) is 0.189. The summed E-state index contributed by atoms with van der Waals surface area (Å²) < 4.78 is 155. The maximum absolute atomic E-state index is 15.6. The molecule has 2 aromatic rings. The SMILES string of the molecule is C=C(C(=O)NCc1ccc(NS(C)(=O)=O)c(F)c1)C1(F)CN=C(C(F)(F)F)C=C1NS(C)(=O)=O.CCC(C)Nc1cccc(C(F)(F)F)n1. The second-order valence-corrected chi connectivity index (χ2v) is 14.1. The fraction of sp³-hybridized carbons (Fsp3) is 0.393. The van der Waals surface area contributed by atoms with Crippen LogP contribution in [0.15, 0.2) is 65.3 Å². The van der Waals surface area contributed by atoms with Crippen molar-refractivity contribution in [2.75, 3.05) is 29.1 Å². The van der Waals surface area contributed by atoms with Gasteiger partial charge in [0.1, 0.15) is 23.0 Å². The Morgan fingerprint density at radius 3 is 2.12 bits per heavy atom. The number of allylic oxidation sites excluding steroid dienone is 1. The minimum absolute atomic E-state index is 0.112. The predicted octanol–water partition coefficient (Wildman–Crippen LogP) is 4.84. The summed E-state index contributed by atoms with van der Waals surface area (Å²) >= 11 is 0. The van der Waals surface area contributed by atoms with Crippen molar-refractivity contribution in [3.63, 3.8) is 0 Å². The van der Waals surface area contributed by atoms with Crippen molar-refractivity contribution < 1.29 is 56.8 Å². The fourth-order valence-electron chi connectivity index (χ4n) is 3.76. The van der Waals surface area contributed by atoms with E-state index in [0.717, 1.165) is 30.9 Å². The largest absolute Gasteiger partial charge is 0.433 e. The number of pyridine rings is 1. The van der Waals surface area contributed by atoms with Crippen LogP contribution < -0.4 is 20.1 Å². The zero-order valence-corrected chi connectivity index (χ0v) is 27.9. The lowest BCUT2D eigenvalue weighted by Gasteiger charge is -2.31. The van der Waals surface area contributed by atoms with E-state index >= 15 is 4.39 Å². The van der Waals surface area contributed by atoms with Crippen LogP contribution in [0.2, 0.25) is 0 Å². The Morgan fingerprint density at radius 1 is 1.00 bits per heavy atom. The Morgan fingerprint density at radius 2 is 1.61 bits per heavy atom. The number of carbonyl (C=O) groups excluding carboxylic acids is 1. The molecule has 0 saturated heterocycles. The molecule has 2 atom stereocenters. The van der Waals surface area contributed by atoms with Gasteiger partial charge < -0.3 is 10.6 Å². The lowest BCUT2D eigenvalue weighted by Crippen LogP contribution is -2.48. The first kappa shape index (κ1) is 40.9. The van der Waals surface area contributed by atoms with Crippen LogP contribution in [0.3, 0.4) is 0 Å². The number of sulfonamides is 2. The average Bonchev–Trinajstić information content (AvgIpc) is 2.96. The minimum atomic E-state index is -5.00. The van der Waals surface area contributed by atoms with E-state index in [2.05, 4.69) is 27.2 Å². The number of nitrogens with one attached hydrogen (secondary N) is 4.